The first-order valence-electron chi connectivity index (χ1n) is 7.25. The van der Waals surface area contributed by atoms with Crippen LogP contribution in [0.1, 0.15) is 42.0 Å². The molecule has 0 amide bonds. The van der Waals surface area contributed by atoms with Crippen molar-refractivity contribution in [3.63, 3.8) is 0 Å². The zero-order chi connectivity index (χ0) is 13.1. The van der Waals surface area contributed by atoms with Crippen LogP contribution in [0.5, 0.6) is 0 Å². The lowest BCUT2D eigenvalue weighted by Crippen LogP contribution is -1.91. The number of rotatable bonds is 4. The SMILES string of the molecule is CCCCc1cccc2c1C=C(c1ccccc1)C2. The van der Waals surface area contributed by atoms with Crippen molar-refractivity contribution in [3.8, 4) is 0 Å². The van der Waals surface area contributed by atoms with Crippen molar-refractivity contribution in [2.75, 3.05) is 0 Å². The molecule has 0 saturated heterocycles. The summed E-state index contributed by atoms with van der Waals surface area (Å²) in [5, 5.41) is 0. The highest BCUT2D eigenvalue weighted by atomic mass is 14.2. The van der Waals surface area contributed by atoms with E-state index in [1.54, 1.807) is 0 Å². The molecule has 0 fully saturated rings. The van der Waals surface area contributed by atoms with Gasteiger partial charge in [-0.05, 0) is 47.1 Å². The van der Waals surface area contributed by atoms with E-state index >= 15 is 0 Å². The summed E-state index contributed by atoms with van der Waals surface area (Å²) in [6.45, 7) is 2.26. The molecule has 0 spiro atoms. The third-order valence-corrected chi connectivity index (χ3v) is 3.93. The Morgan fingerprint density at radius 2 is 1.79 bits per heavy atom. The van der Waals surface area contributed by atoms with Gasteiger partial charge in [0, 0.05) is 0 Å². The van der Waals surface area contributed by atoms with Crippen molar-refractivity contribution in [3.05, 3.63) is 70.8 Å². The van der Waals surface area contributed by atoms with Crippen molar-refractivity contribution in [2.24, 2.45) is 0 Å². The molecular weight excluding hydrogens is 228 g/mol. The van der Waals surface area contributed by atoms with Crippen molar-refractivity contribution >= 4 is 11.6 Å². The van der Waals surface area contributed by atoms with Gasteiger partial charge in [-0.3, -0.25) is 0 Å². The molecule has 2 aromatic rings. The van der Waals surface area contributed by atoms with Gasteiger partial charge in [-0.25, -0.2) is 0 Å². The molecule has 0 bridgehead atoms. The Labute approximate surface area is 115 Å². The molecule has 2 aromatic carbocycles. The average Bonchev–Trinajstić information content (AvgIpc) is 2.90. The van der Waals surface area contributed by atoms with Crippen LogP contribution < -0.4 is 0 Å². The highest BCUT2D eigenvalue weighted by Gasteiger charge is 2.16. The monoisotopic (exact) mass is 248 g/mol. The van der Waals surface area contributed by atoms with E-state index in [0.717, 1.165) is 6.42 Å². The van der Waals surface area contributed by atoms with Gasteiger partial charge in [-0.15, -0.1) is 0 Å². The Morgan fingerprint density at radius 3 is 2.58 bits per heavy atom. The minimum absolute atomic E-state index is 1.08. The van der Waals surface area contributed by atoms with Crippen molar-refractivity contribution in [1.29, 1.82) is 0 Å². The number of hydrogen-bond donors (Lipinski definition) is 0. The van der Waals surface area contributed by atoms with Crippen LogP contribution in [-0.4, -0.2) is 0 Å². The fraction of sp³-hybridized carbons (Fsp3) is 0.263. The largest absolute Gasteiger partial charge is 0.0654 e. The molecule has 19 heavy (non-hydrogen) atoms. The van der Waals surface area contributed by atoms with Crippen molar-refractivity contribution in [1.82, 2.24) is 0 Å². The van der Waals surface area contributed by atoms with Gasteiger partial charge in [-0.2, -0.15) is 0 Å². The van der Waals surface area contributed by atoms with E-state index < -0.39 is 0 Å². The minimum atomic E-state index is 1.08. The number of benzene rings is 2. The number of allylic oxidation sites excluding steroid dienone is 1. The molecule has 0 N–H and O–H groups in total. The van der Waals surface area contributed by atoms with Crippen LogP contribution in [0.2, 0.25) is 0 Å². The molecule has 0 nitrogen and oxygen atoms in total. The average molecular weight is 248 g/mol. The maximum absolute atomic E-state index is 2.40. The van der Waals surface area contributed by atoms with Gasteiger partial charge in [0.1, 0.15) is 0 Å². The van der Waals surface area contributed by atoms with Crippen LogP contribution in [0.25, 0.3) is 11.6 Å². The fourth-order valence-electron chi connectivity index (χ4n) is 2.86. The Morgan fingerprint density at radius 1 is 0.947 bits per heavy atom. The van der Waals surface area contributed by atoms with Gasteiger partial charge in [0.25, 0.3) is 0 Å². The van der Waals surface area contributed by atoms with Crippen molar-refractivity contribution < 1.29 is 0 Å². The summed E-state index contributed by atoms with van der Waals surface area (Å²) in [4.78, 5) is 0. The first-order valence-corrected chi connectivity index (χ1v) is 7.25. The van der Waals surface area contributed by atoms with Crippen LogP contribution in [0.15, 0.2) is 48.5 Å². The molecule has 0 atom stereocenters. The van der Waals surface area contributed by atoms with Gasteiger partial charge in [-0.1, -0.05) is 68.0 Å². The molecule has 0 heterocycles. The highest BCUT2D eigenvalue weighted by Crippen LogP contribution is 2.33. The third kappa shape index (κ3) is 2.49. The molecule has 0 radical (unpaired) electrons. The number of aryl methyl sites for hydroxylation is 1. The van der Waals surface area contributed by atoms with Gasteiger partial charge in [0.05, 0.1) is 0 Å². The minimum Gasteiger partial charge on any atom is -0.0654 e. The first kappa shape index (κ1) is 12.2. The lowest BCUT2D eigenvalue weighted by Gasteiger charge is -2.06. The lowest BCUT2D eigenvalue weighted by molar-refractivity contribution is 0.793. The smallest absolute Gasteiger partial charge is 0.00136 e. The van der Waals surface area contributed by atoms with Gasteiger partial charge in [0.15, 0.2) is 0 Å². The summed E-state index contributed by atoms with van der Waals surface area (Å²) < 4.78 is 0. The molecule has 0 saturated carbocycles. The predicted octanol–water partition coefficient (Wildman–Crippen LogP) is 5.13. The topological polar surface area (TPSA) is 0 Å². The lowest BCUT2D eigenvalue weighted by atomic mass is 9.99. The standard InChI is InChI=1S/C19H20/c1-2-3-8-16-11-7-12-17-13-18(14-19(16)17)15-9-5-4-6-10-15/h4-7,9-12,14H,2-3,8,13H2,1H3. The maximum atomic E-state index is 2.40. The van der Waals surface area contributed by atoms with E-state index in [1.807, 2.05) is 0 Å². The molecule has 1 aliphatic rings. The molecule has 3 rings (SSSR count). The zero-order valence-corrected chi connectivity index (χ0v) is 11.5. The quantitative estimate of drug-likeness (QED) is 0.704. The summed E-state index contributed by atoms with van der Waals surface area (Å²) >= 11 is 0. The first-order chi connectivity index (χ1) is 9.38. The van der Waals surface area contributed by atoms with E-state index in [1.165, 1.54) is 47.1 Å². The van der Waals surface area contributed by atoms with Crippen LogP contribution in [0, 0.1) is 0 Å². The number of hydrogen-bond acceptors (Lipinski definition) is 0. The molecule has 96 valence electrons. The Hall–Kier alpha value is -1.82. The summed E-state index contributed by atoms with van der Waals surface area (Å²) in [6.07, 6.45) is 7.23. The maximum Gasteiger partial charge on any atom is -0.00136 e. The van der Waals surface area contributed by atoms with Crippen LogP contribution >= 0.6 is 0 Å². The predicted molar refractivity (Wildman–Crippen MR) is 83.1 cm³/mol. The second-order valence-electron chi connectivity index (χ2n) is 5.31. The van der Waals surface area contributed by atoms with Gasteiger partial charge >= 0.3 is 0 Å². The third-order valence-electron chi connectivity index (χ3n) is 3.93. The van der Waals surface area contributed by atoms with Crippen LogP contribution in [0.3, 0.4) is 0 Å². The molecule has 0 aliphatic heterocycles. The second-order valence-corrected chi connectivity index (χ2v) is 5.31. The van der Waals surface area contributed by atoms with Gasteiger partial charge in [0.2, 0.25) is 0 Å². The zero-order valence-electron chi connectivity index (χ0n) is 11.5. The normalized spacial score (nSPS) is 13.2. The Balaban J connectivity index is 1.93. The number of unbranched alkanes of at least 4 members (excludes halogenated alkanes) is 1. The van der Waals surface area contributed by atoms with E-state index in [9.17, 15) is 0 Å². The molecule has 1 aliphatic carbocycles. The highest BCUT2D eigenvalue weighted by molar-refractivity contribution is 5.89. The molecular formula is C19H20. The van der Waals surface area contributed by atoms with E-state index in [2.05, 4.69) is 61.5 Å². The Kier molecular flexibility index (Phi) is 3.50. The molecule has 0 aromatic heterocycles. The van der Waals surface area contributed by atoms with E-state index in [0.29, 0.717) is 0 Å². The fourth-order valence-corrected chi connectivity index (χ4v) is 2.86. The van der Waals surface area contributed by atoms with E-state index in [-0.39, 0.29) is 0 Å². The molecule has 0 heteroatoms. The van der Waals surface area contributed by atoms with Crippen LogP contribution in [0.4, 0.5) is 0 Å². The van der Waals surface area contributed by atoms with E-state index in [4.69, 9.17) is 0 Å². The number of fused-ring (bicyclic) bond motifs is 1. The second kappa shape index (κ2) is 5.44. The summed E-state index contributed by atoms with van der Waals surface area (Å²) in [5.41, 5.74) is 7.31. The van der Waals surface area contributed by atoms with Gasteiger partial charge < -0.3 is 0 Å². The Bertz CT molecular complexity index is 591. The summed E-state index contributed by atoms with van der Waals surface area (Å²) in [5.74, 6) is 0. The van der Waals surface area contributed by atoms with Crippen LogP contribution in [-0.2, 0) is 12.8 Å². The summed E-state index contributed by atoms with van der Waals surface area (Å²) in [7, 11) is 0. The summed E-state index contributed by atoms with van der Waals surface area (Å²) in [6, 6.07) is 17.5. The van der Waals surface area contributed by atoms with Crippen molar-refractivity contribution in [2.45, 2.75) is 32.6 Å². The molecule has 0 unspecified atom stereocenters.